The first-order chi connectivity index (χ1) is 8.18. The molecule has 1 aromatic heterocycles. The predicted molar refractivity (Wildman–Crippen MR) is 60.6 cm³/mol. The molecule has 0 fully saturated rings. The van der Waals surface area contributed by atoms with Crippen LogP contribution in [0.4, 0.5) is 4.39 Å². The monoisotopic (exact) mass is 233 g/mol. The Hall–Kier alpha value is -1.78. The van der Waals surface area contributed by atoms with Crippen LogP contribution in [-0.4, -0.2) is 15.2 Å². The number of nitrogens with zero attached hydrogens (tertiary/aromatic N) is 1. The van der Waals surface area contributed by atoms with Crippen molar-refractivity contribution in [1.82, 2.24) is 4.98 Å². The second-order valence-corrected chi connectivity index (χ2v) is 3.74. The normalized spacial score (nSPS) is 14.3. The van der Waals surface area contributed by atoms with Crippen LogP contribution in [-0.2, 0) is 0 Å². The van der Waals surface area contributed by atoms with Crippen molar-refractivity contribution >= 4 is 0 Å². The largest absolute Gasteiger partial charge is 0.385 e. The van der Waals surface area contributed by atoms with Crippen molar-refractivity contribution in [2.75, 3.05) is 0 Å². The summed E-state index contributed by atoms with van der Waals surface area (Å²) in [6.07, 6.45) is 0.0887. The van der Waals surface area contributed by atoms with Crippen LogP contribution in [0.1, 0.15) is 23.3 Å². The zero-order valence-corrected chi connectivity index (χ0v) is 8.99. The number of rotatable bonds is 3. The Morgan fingerprint density at radius 3 is 2.24 bits per heavy atom. The summed E-state index contributed by atoms with van der Waals surface area (Å²) >= 11 is 0. The number of aliphatic hydroxyl groups is 2. The van der Waals surface area contributed by atoms with Gasteiger partial charge in [-0.05, 0) is 11.6 Å². The van der Waals surface area contributed by atoms with E-state index in [2.05, 4.69) is 4.98 Å². The van der Waals surface area contributed by atoms with Gasteiger partial charge in [0.05, 0.1) is 6.20 Å². The van der Waals surface area contributed by atoms with Crippen LogP contribution >= 0.6 is 0 Å². The van der Waals surface area contributed by atoms with Gasteiger partial charge in [0.2, 0.25) is 0 Å². The molecule has 17 heavy (non-hydrogen) atoms. The molecule has 4 heteroatoms. The zero-order valence-electron chi connectivity index (χ0n) is 8.99. The molecule has 0 radical (unpaired) electrons. The van der Waals surface area contributed by atoms with Gasteiger partial charge in [-0.25, -0.2) is 4.39 Å². The van der Waals surface area contributed by atoms with E-state index in [4.69, 9.17) is 0 Å². The lowest BCUT2D eigenvalue weighted by Gasteiger charge is -2.18. The summed E-state index contributed by atoms with van der Waals surface area (Å²) in [6, 6.07) is 9.88. The molecule has 1 aromatic carbocycles. The molecule has 0 bridgehead atoms. The third-order valence-electron chi connectivity index (χ3n) is 2.51. The van der Waals surface area contributed by atoms with Gasteiger partial charge in [-0.2, -0.15) is 0 Å². The SMILES string of the molecule is OC(c1ccccc1)C(O)c1cncc(F)c1. The van der Waals surface area contributed by atoms with Crippen molar-refractivity contribution in [2.24, 2.45) is 0 Å². The number of aliphatic hydroxyl groups excluding tert-OH is 2. The Labute approximate surface area is 98.2 Å². The molecule has 2 unspecified atom stereocenters. The minimum Gasteiger partial charge on any atom is -0.385 e. The Bertz CT molecular complexity index is 490. The number of hydrogen-bond donors (Lipinski definition) is 2. The summed E-state index contributed by atoms with van der Waals surface area (Å²) in [5, 5.41) is 19.8. The van der Waals surface area contributed by atoms with E-state index >= 15 is 0 Å². The zero-order chi connectivity index (χ0) is 12.3. The highest BCUT2D eigenvalue weighted by Crippen LogP contribution is 2.28. The van der Waals surface area contributed by atoms with E-state index in [0.717, 1.165) is 12.3 Å². The highest BCUT2D eigenvalue weighted by Gasteiger charge is 2.20. The van der Waals surface area contributed by atoms with Gasteiger partial charge in [-0.3, -0.25) is 4.98 Å². The molecular weight excluding hydrogens is 221 g/mol. The molecule has 0 aliphatic heterocycles. The van der Waals surface area contributed by atoms with Crippen LogP contribution in [0.15, 0.2) is 48.8 Å². The number of pyridine rings is 1. The van der Waals surface area contributed by atoms with E-state index in [1.807, 2.05) is 6.07 Å². The molecule has 3 nitrogen and oxygen atoms in total. The van der Waals surface area contributed by atoms with Gasteiger partial charge in [0.25, 0.3) is 0 Å². The minimum atomic E-state index is -1.19. The quantitative estimate of drug-likeness (QED) is 0.852. The molecule has 0 aliphatic carbocycles. The Kier molecular flexibility index (Phi) is 3.46. The molecule has 88 valence electrons. The molecule has 2 rings (SSSR count). The van der Waals surface area contributed by atoms with Crippen LogP contribution in [0.25, 0.3) is 0 Å². The van der Waals surface area contributed by atoms with Gasteiger partial charge in [-0.1, -0.05) is 30.3 Å². The number of benzene rings is 1. The Morgan fingerprint density at radius 2 is 1.59 bits per heavy atom. The second-order valence-electron chi connectivity index (χ2n) is 3.74. The fraction of sp³-hybridized carbons (Fsp3) is 0.154. The van der Waals surface area contributed by atoms with Crippen LogP contribution in [0.5, 0.6) is 0 Å². The summed E-state index contributed by atoms with van der Waals surface area (Å²) in [6.45, 7) is 0. The minimum absolute atomic E-state index is 0.251. The van der Waals surface area contributed by atoms with Crippen LogP contribution in [0.2, 0.25) is 0 Å². The lowest BCUT2D eigenvalue weighted by atomic mass is 10.00. The van der Waals surface area contributed by atoms with E-state index in [0.29, 0.717) is 5.56 Å². The summed E-state index contributed by atoms with van der Waals surface area (Å²) in [7, 11) is 0. The molecule has 2 atom stereocenters. The van der Waals surface area contributed by atoms with E-state index in [-0.39, 0.29) is 5.56 Å². The van der Waals surface area contributed by atoms with Gasteiger partial charge >= 0.3 is 0 Å². The first-order valence-corrected chi connectivity index (χ1v) is 5.20. The van der Waals surface area contributed by atoms with Crippen molar-refractivity contribution in [2.45, 2.75) is 12.2 Å². The maximum atomic E-state index is 12.9. The molecule has 0 saturated heterocycles. The summed E-state index contributed by atoms with van der Waals surface area (Å²) in [4.78, 5) is 3.64. The van der Waals surface area contributed by atoms with E-state index in [1.54, 1.807) is 24.3 Å². The average molecular weight is 233 g/mol. The third kappa shape index (κ3) is 2.67. The highest BCUT2D eigenvalue weighted by molar-refractivity contribution is 5.23. The lowest BCUT2D eigenvalue weighted by Crippen LogP contribution is -2.10. The molecular formula is C13H12FNO2. The molecule has 0 amide bonds. The van der Waals surface area contributed by atoms with Crippen molar-refractivity contribution in [3.8, 4) is 0 Å². The third-order valence-corrected chi connectivity index (χ3v) is 2.51. The summed E-state index contributed by atoms with van der Waals surface area (Å²) < 4.78 is 12.9. The molecule has 0 aliphatic rings. The molecule has 0 spiro atoms. The van der Waals surface area contributed by atoms with E-state index in [1.165, 1.54) is 6.20 Å². The van der Waals surface area contributed by atoms with Crippen molar-refractivity contribution < 1.29 is 14.6 Å². The van der Waals surface area contributed by atoms with Gasteiger partial charge in [-0.15, -0.1) is 0 Å². The fourth-order valence-corrected chi connectivity index (χ4v) is 1.60. The first kappa shape index (κ1) is 11.7. The van der Waals surface area contributed by atoms with Gasteiger partial charge < -0.3 is 10.2 Å². The van der Waals surface area contributed by atoms with E-state index < -0.39 is 18.0 Å². The number of aromatic nitrogens is 1. The van der Waals surface area contributed by atoms with Crippen LogP contribution < -0.4 is 0 Å². The van der Waals surface area contributed by atoms with Crippen molar-refractivity contribution in [3.05, 3.63) is 65.7 Å². The molecule has 1 heterocycles. The maximum Gasteiger partial charge on any atom is 0.141 e. The van der Waals surface area contributed by atoms with Crippen LogP contribution in [0.3, 0.4) is 0 Å². The first-order valence-electron chi connectivity index (χ1n) is 5.20. The van der Waals surface area contributed by atoms with Gasteiger partial charge in [0.15, 0.2) is 0 Å². The molecule has 2 N–H and O–H groups in total. The Balaban J connectivity index is 2.23. The molecule has 0 saturated carbocycles. The van der Waals surface area contributed by atoms with Gasteiger partial charge in [0.1, 0.15) is 18.0 Å². The highest BCUT2D eigenvalue weighted by atomic mass is 19.1. The standard InChI is InChI=1S/C13H12FNO2/c14-11-6-10(7-15-8-11)13(17)12(16)9-4-2-1-3-5-9/h1-8,12-13,16-17H. The lowest BCUT2D eigenvalue weighted by molar-refractivity contribution is 0.0168. The second kappa shape index (κ2) is 5.03. The topological polar surface area (TPSA) is 53.4 Å². The predicted octanol–water partition coefficient (Wildman–Crippen LogP) is 1.99. The molecule has 2 aromatic rings. The van der Waals surface area contributed by atoms with Crippen molar-refractivity contribution in [1.29, 1.82) is 0 Å². The van der Waals surface area contributed by atoms with E-state index in [9.17, 15) is 14.6 Å². The summed E-state index contributed by atoms with van der Waals surface area (Å²) in [5.74, 6) is -0.540. The number of halogens is 1. The number of hydrogen-bond acceptors (Lipinski definition) is 3. The maximum absolute atomic E-state index is 12.9. The Morgan fingerprint density at radius 1 is 0.941 bits per heavy atom. The smallest absolute Gasteiger partial charge is 0.141 e. The van der Waals surface area contributed by atoms with Crippen LogP contribution in [0, 0.1) is 5.82 Å². The van der Waals surface area contributed by atoms with Crippen molar-refractivity contribution in [3.63, 3.8) is 0 Å². The fourth-order valence-electron chi connectivity index (χ4n) is 1.60. The van der Waals surface area contributed by atoms with Gasteiger partial charge in [0, 0.05) is 11.8 Å². The summed E-state index contributed by atoms with van der Waals surface area (Å²) in [5.41, 5.74) is 0.825. The average Bonchev–Trinajstić information content (AvgIpc) is 2.38.